The zero-order chi connectivity index (χ0) is 14.9. The van der Waals surface area contributed by atoms with E-state index in [2.05, 4.69) is 10.3 Å². The second-order valence-electron chi connectivity index (χ2n) is 4.51. The number of carbonyl (C=O) groups excluding carboxylic acids is 1. The van der Waals surface area contributed by atoms with Crippen LogP contribution in [-0.4, -0.2) is 10.9 Å². The van der Waals surface area contributed by atoms with Crippen molar-refractivity contribution in [3.05, 3.63) is 49.4 Å². The summed E-state index contributed by atoms with van der Waals surface area (Å²) in [6.45, 7) is 5.60. The molecule has 0 spiro atoms. The molecule has 1 unspecified atom stereocenters. The lowest BCUT2D eigenvalue weighted by molar-refractivity contribution is 0.0943. The summed E-state index contributed by atoms with van der Waals surface area (Å²) in [6, 6.07) is 5.05. The Balaban J connectivity index is 2.17. The van der Waals surface area contributed by atoms with E-state index in [4.69, 9.17) is 23.2 Å². The molecule has 1 N–H and O–H groups in total. The Hall–Kier alpha value is -1.10. The van der Waals surface area contributed by atoms with E-state index in [9.17, 15) is 4.79 Å². The van der Waals surface area contributed by atoms with Gasteiger partial charge in [-0.2, -0.15) is 0 Å². The van der Waals surface area contributed by atoms with Gasteiger partial charge in [-0.25, -0.2) is 4.98 Å². The van der Waals surface area contributed by atoms with Crippen LogP contribution >= 0.6 is 34.5 Å². The smallest absolute Gasteiger partial charge is 0.263 e. The predicted octanol–water partition coefficient (Wildman–Crippen LogP) is 4.56. The lowest BCUT2D eigenvalue weighted by Crippen LogP contribution is -2.26. The monoisotopic (exact) mass is 328 g/mol. The Bertz CT molecular complexity index is 655. The largest absolute Gasteiger partial charge is 0.345 e. The highest BCUT2D eigenvalue weighted by Gasteiger charge is 2.18. The van der Waals surface area contributed by atoms with Crippen LogP contribution in [0, 0.1) is 13.8 Å². The third-order valence-electron chi connectivity index (χ3n) is 2.89. The number of halogens is 2. The molecule has 1 aromatic carbocycles. The first-order valence-electron chi connectivity index (χ1n) is 6.08. The van der Waals surface area contributed by atoms with Crippen molar-refractivity contribution in [1.82, 2.24) is 10.3 Å². The van der Waals surface area contributed by atoms with Crippen LogP contribution in [-0.2, 0) is 0 Å². The number of amides is 1. The molecule has 0 aliphatic heterocycles. The molecule has 6 heteroatoms. The van der Waals surface area contributed by atoms with Crippen molar-refractivity contribution >= 4 is 40.4 Å². The van der Waals surface area contributed by atoms with Crippen LogP contribution in [0.1, 0.15) is 38.9 Å². The number of nitrogens with one attached hydrogen (secondary N) is 1. The van der Waals surface area contributed by atoms with Crippen LogP contribution < -0.4 is 5.32 Å². The van der Waals surface area contributed by atoms with Crippen LogP contribution in [0.25, 0.3) is 0 Å². The molecule has 1 amide bonds. The molecule has 0 fully saturated rings. The van der Waals surface area contributed by atoms with Crippen LogP contribution in [0.4, 0.5) is 0 Å². The molecular formula is C14H14Cl2N2OS. The summed E-state index contributed by atoms with van der Waals surface area (Å²) in [7, 11) is 0. The summed E-state index contributed by atoms with van der Waals surface area (Å²) in [5, 5.41) is 4.93. The number of thiazole rings is 1. The van der Waals surface area contributed by atoms with E-state index in [0.717, 1.165) is 16.3 Å². The zero-order valence-corrected chi connectivity index (χ0v) is 13.7. The Morgan fingerprint density at radius 3 is 2.60 bits per heavy atom. The molecule has 0 saturated carbocycles. The van der Waals surface area contributed by atoms with E-state index in [0.29, 0.717) is 14.9 Å². The number of benzene rings is 1. The highest BCUT2D eigenvalue weighted by Crippen LogP contribution is 2.27. The van der Waals surface area contributed by atoms with E-state index >= 15 is 0 Å². The lowest BCUT2D eigenvalue weighted by Gasteiger charge is -2.15. The molecule has 2 aromatic rings. The number of aryl methyl sites for hydroxylation is 2. The normalized spacial score (nSPS) is 12.2. The highest BCUT2D eigenvalue weighted by molar-refractivity contribution is 7.13. The van der Waals surface area contributed by atoms with Crippen LogP contribution in [0.15, 0.2) is 18.2 Å². The van der Waals surface area contributed by atoms with Crippen molar-refractivity contribution in [2.45, 2.75) is 26.8 Å². The average molecular weight is 329 g/mol. The van der Waals surface area contributed by atoms with Gasteiger partial charge in [-0.3, -0.25) is 4.79 Å². The fraction of sp³-hybridized carbons (Fsp3) is 0.286. The molecule has 1 aromatic heterocycles. The van der Waals surface area contributed by atoms with Gasteiger partial charge in [-0.15, -0.1) is 11.3 Å². The summed E-state index contributed by atoms with van der Waals surface area (Å²) in [5.41, 5.74) is 1.59. The summed E-state index contributed by atoms with van der Waals surface area (Å²) >= 11 is 13.4. The van der Waals surface area contributed by atoms with Gasteiger partial charge in [0, 0.05) is 10.0 Å². The molecule has 0 aliphatic rings. The SMILES string of the molecule is Cc1nc(C)c(C(=O)NC(C)c2ccc(Cl)cc2Cl)s1. The summed E-state index contributed by atoms with van der Waals surface area (Å²) < 4.78 is 0. The maximum Gasteiger partial charge on any atom is 0.263 e. The van der Waals surface area contributed by atoms with Crippen LogP contribution in [0.3, 0.4) is 0 Å². The topological polar surface area (TPSA) is 42.0 Å². The van der Waals surface area contributed by atoms with Crippen molar-refractivity contribution in [2.75, 3.05) is 0 Å². The summed E-state index contributed by atoms with van der Waals surface area (Å²) in [6.07, 6.45) is 0. The highest BCUT2D eigenvalue weighted by atomic mass is 35.5. The van der Waals surface area contributed by atoms with Crippen LogP contribution in [0.5, 0.6) is 0 Å². The molecule has 0 bridgehead atoms. The molecule has 20 heavy (non-hydrogen) atoms. The minimum atomic E-state index is -0.200. The standard InChI is InChI=1S/C14H14Cl2N2OS/c1-7(11-5-4-10(15)6-12(11)16)18-14(19)13-8(2)17-9(3)20-13/h4-7H,1-3H3,(H,18,19). The Morgan fingerprint density at radius 1 is 1.35 bits per heavy atom. The first kappa shape index (κ1) is 15.3. The van der Waals surface area contributed by atoms with Gasteiger partial charge >= 0.3 is 0 Å². The van der Waals surface area contributed by atoms with Gasteiger partial charge in [0.1, 0.15) is 4.88 Å². The zero-order valence-electron chi connectivity index (χ0n) is 11.3. The molecule has 106 valence electrons. The number of aromatic nitrogens is 1. The third kappa shape index (κ3) is 3.32. The van der Waals surface area contributed by atoms with Gasteiger partial charge in [0.15, 0.2) is 0 Å². The van der Waals surface area contributed by atoms with Crippen molar-refractivity contribution < 1.29 is 4.79 Å². The maximum absolute atomic E-state index is 12.2. The number of hydrogen-bond donors (Lipinski definition) is 1. The van der Waals surface area contributed by atoms with Crippen molar-refractivity contribution in [2.24, 2.45) is 0 Å². The minimum Gasteiger partial charge on any atom is -0.345 e. The predicted molar refractivity (Wildman–Crippen MR) is 83.9 cm³/mol. The number of hydrogen-bond acceptors (Lipinski definition) is 3. The second-order valence-corrected chi connectivity index (χ2v) is 6.56. The lowest BCUT2D eigenvalue weighted by atomic mass is 10.1. The molecule has 3 nitrogen and oxygen atoms in total. The van der Waals surface area contributed by atoms with E-state index < -0.39 is 0 Å². The fourth-order valence-corrected chi connectivity index (χ4v) is 3.33. The molecule has 1 heterocycles. The van der Waals surface area contributed by atoms with Gasteiger partial charge in [0.25, 0.3) is 5.91 Å². The van der Waals surface area contributed by atoms with Gasteiger partial charge < -0.3 is 5.32 Å². The molecule has 0 saturated heterocycles. The minimum absolute atomic E-state index is 0.133. The average Bonchev–Trinajstić information content (AvgIpc) is 2.68. The van der Waals surface area contributed by atoms with Crippen molar-refractivity contribution in [3.8, 4) is 0 Å². The number of rotatable bonds is 3. The second kappa shape index (κ2) is 6.12. The fourth-order valence-electron chi connectivity index (χ4n) is 1.93. The van der Waals surface area contributed by atoms with Gasteiger partial charge in [0.05, 0.1) is 16.7 Å². The Labute approximate surface area is 131 Å². The Kier molecular flexibility index (Phi) is 4.68. The number of carbonyl (C=O) groups is 1. The van der Waals surface area contributed by atoms with Gasteiger partial charge in [-0.05, 0) is 38.5 Å². The molecular weight excluding hydrogens is 315 g/mol. The quantitative estimate of drug-likeness (QED) is 0.897. The van der Waals surface area contributed by atoms with Crippen molar-refractivity contribution in [1.29, 1.82) is 0 Å². The summed E-state index contributed by atoms with van der Waals surface area (Å²) in [4.78, 5) is 17.1. The van der Waals surface area contributed by atoms with E-state index in [1.165, 1.54) is 11.3 Å². The third-order valence-corrected chi connectivity index (χ3v) is 4.52. The maximum atomic E-state index is 12.2. The van der Waals surface area contributed by atoms with Gasteiger partial charge in [-0.1, -0.05) is 29.3 Å². The molecule has 1 atom stereocenters. The summed E-state index contributed by atoms with van der Waals surface area (Å²) in [5.74, 6) is -0.133. The molecule has 0 aliphatic carbocycles. The molecule has 0 radical (unpaired) electrons. The first-order chi connectivity index (χ1) is 9.38. The molecule has 2 rings (SSSR count). The first-order valence-corrected chi connectivity index (χ1v) is 7.65. The van der Waals surface area contributed by atoms with E-state index in [-0.39, 0.29) is 11.9 Å². The Morgan fingerprint density at radius 2 is 2.05 bits per heavy atom. The number of nitrogens with zero attached hydrogens (tertiary/aromatic N) is 1. The van der Waals surface area contributed by atoms with Crippen LogP contribution in [0.2, 0.25) is 10.0 Å². The van der Waals surface area contributed by atoms with E-state index in [1.807, 2.05) is 26.8 Å². The van der Waals surface area contributed by atoms with E-state index in [1.54, 1.807) is 12.1 Å². The van der Waals surface area contributed by atoms with Crippen molar-refractivity contribution in [3.63, 3.8) is 0 Å². The van der Waals surface area contributed by atoms with Gasteiger partial charge in [0.2, 0.25) is 0 Å².